The molecule has 4 amide bonds. The zero-order chi connectivity index (χ0) is 24.8. The minimum Gasteiger partial charge on any atom is -0.344 e. The van der Waals surface area contributed by atoms with Gasteiger partial charge in [0, 0.05) is 18.5 Å². The third kappa shape index (κ3) is 6.02. The predicted octanol–water partition coefficient (Wildman–Crippen LogP) is 1.81. The number of hydrogen-bond acceptors (Lipinski definition) is 5. The number of halogens is 1. The molecular formula is C24H31BrN4O5. The lowest BCUT2D eigenvalue weighted by Gasteiger charge is -2.43. The topological polar surface area (TPSA) is 116 Å². The Morgan fingerprint density at radius 2 is 1.82 bits per heavy atom. The monoisotopic (exact) mass is 534 g/mol. The molecule has 1 aromatic carbocycles. The Morgan fingerprint density at radius 3 is 2.47 bits per heavy atom. The van der Waals surface area contributed by atoms with Crippen molar-refractivity contribution in [2.45, 2.75) is 64.1 Å². The second-order valence-electron chi connectivity index (χ2n) is 9.08. The molecule has 2 aliphatic heterocycles. The van der Waals surface area contributed by atoms with E-state index < -0.39 is 35.8 Å². The summed E-state index contributed by atoms with van der Waals surface area (Å²) in [5, 5.41) is 8.17. The Morgan fingerprint density at radius 1 is 1.12 bits per heavy atom. The standard InChI is InChI=1S/C24H31BrN4O5/c1-15(2)13-18(20(30)14-25)27-23(33)19-9-6-12-28-21(31)11-10-17(24(34)29(19)28)26-22(32)16-7-4-3-5-8-16/h3-5,7-8,15,17-19H,6,9-14H2,1-2H3,(H,26,32)(H,27,33)/t17-,18?,19-/m0/s1. The number of ketones is 1. The Kier molecular flexibility index (Phi) is 8.82. The van der Waals surface area contributed by atoms with Crippen molar-refractivity contribution in [3.8, 4) is 0 Å². The van der Waals surface area contributed by atoms with Gasteiger partial charge in [0.2, 0.25) is 11.8 Å². The Balaban J connectivity index is 1.82. The molecule has 0 saturated carbocycles. The molecule has 0 aliphatic carbocycles. The Hall–Kier alpha value is -2.75. The minimum atomic E-state index is -0.939. The van der Waals surface area contributed by atoms with Gasteiger partial charge in [0.05, 0.1) is 11.4 Å². The lowest BCUT2D eigenvalue weighted by atomic mass is 9.99. The first-order valence-electron chi connectivity index (χ1n) is 11.6. The van der Waals surface area contributed by atoms with Gasteiger partial charge in [-0.05, 0) is 43.7 Å². The molecule has 34 heavy (non-hydrogen) atoms. The largest absolute Gasteiger partial charge is 0.344 e. The van der Waals surface area contributed by atoms with Crippen molar-refractivity contribution in [2.24, 2.45) is 5.92 Å². The zero-order valence-electron chi connectivity index (χ0n) is 19.5. The van der Waals surface area contributed by atoms with Gasteiger partial charge in [-0.15, -0.1) is 0 Å². The molecule has 0 radical (unpaired) electrons. The van der Waals surface area contributed by atoms with E-state index in [0.717, 1.165) is 0 Å². The summed E-state index contributed by atoms with van der Waals surface area (Å²) in [6, 6.07) is 5.95. The number of carbonyl (C=O) groups is 5. The van der Waals surface area contributed by atoms with Crippen LogP contribution >= 0.6 is 15.9 Å². The summed E-state index contributed by atoms with van der Waals surface area (Å²) in [4.78, 5) is 64.7. The van der Waals surface area contributed by atoms with Crippen molar-refractivity contribution in [1.82, 2.24) is 20.7 Å². The first kappa shape index (κ1) is 25.9. The minimum absolute atomic E-state index is 0.0777. The van der Waals surface area contributed by atoms with Crippen LogP contribution in [0, 0.1) is 5.92 Å². The number of carbonyl (C=O) groups excluding carboxylic acids is 5. The fraction of sp³-hybridized carbons (Fsp3) is 0.542. The molecule has 0 bridgehead atoms. The van der Waals surface area contributed by atoms with Crippen LogP contribution in [0.1, 0.15) is 56.3 Å². The van der Waals surface area contributed by atoms with Crippen LogP contribution < -0.4 is 10.6 Å². The van der Waals surface area contributed by atoms with Gasteiger partial charge in [0.25, 0.3) is 11.8 Å². The lowest BCUT2D eigenvalue weighted by Crippen LogP contribution is -2.64. The maximum Gasteiger partial charge on any atom is 0.264 e. The van der Waals surface area contributed by atoms with E-state index in [1.165, 1.54) is 10.0 Å². The molecule has 3 atom stereocenters. The fourth-order valence-electron chi connectivity index (χ4n) is 4.34. The highest BCUT2D eigenvalue weighted by molar-refractivity contribution is 9.09. The van der Waals surface area contributed by atoms with Crippen molar-refractivity contribution in [3.05, 3.63) is 35.9 Å². The van der Waals surface area contributed by atoms with E-state index in [9.17, 15) is 24.0 Å². The van der Waals surface area contributed by atoms with Gasteiger partial charge < -0.3 is 10.6 Å². The van der Waals surface area contributed by atoms with E-state index in [4.69, 9.17) is 0 Å². The number of nitrogens with zero attached hydrogens (tertiary/aromatic N) is 2. The van der Waals surface area contributed by atoms with Gasteiger partial charge in [-0.1, -0.05) is 48.0 Å². The van der Waals surface area contributed by atoms with Crippen molar-refractivity contribution in [1.29, 1.82) is 0 Å². The number of rotatable bonds is 8. The molecular weight excluding hydrogens is 504 g/mol. The smallest absolute Gasteiger partial charge is 0.264 e. The van der Waals surface area contributed by atoms with E-state index in [1.54, 1.807) is 30.3 Å². The maximum absolute atomic E-state index is 13.5. The first-order chi connectivity index (χ1) is 16.2. The highest BCUT2D eigenvalue weighted by atomic mass is 79.9. The van der Waals surface area contributed by atoms with E-state index >= 15 is 0 Å². The van der Waals surface area contributed by atoms with Crippen LogP contribution in [-0.4, -0.2) is 69.4 Å². The molecule has 184 valence electrons. The number of alkyl halides is 1. The van der Waals surface area contributed by atoms with Gasteiger partial charge in [0.15, 0.2) is 5.78 Å². The lowest BCUT2D eigenvalue weighted by molar-refractivity contribution is -0.176. The molecule has 2 saturated heterocycles. The van der Waals surface area contributed by atoms with Crippen molar-refractivity contribution < 1.29 is 24.0 Å². The Bertz CT molecular complexity index is 939. The predicted molar refractivity (Wildman–Crippen MR) is 129 cm³/mol. The van der Waals surface area contributed by atoms with Crippen LogP contribution in [0.5, 0.6) is 0 Å². The summed E-state index contributed by atoms with van der Waals surface area (Å²) >= 11 is 3.17. The molecule has 2 aliphatic rings. The summed E-state index contributed by atoms with van der Waals surface area (Å²) < 4.78 is 0. The second-order valence-corrected chi connectivity index (χ2v) is 9.64. The van der Waals surface area contributed by atoms with Gasteiger partial charge >= 0.3 is 0 Å². The summed E-state index contributed by atoms with van der Waals surface area (Å²) in [5.74, 6) is -1.63. The summed E-state index contributed by atoms with van der Waals surface area (Å²) in [7, 11) is 0. The molecule has 2 fully saturated rings. The van der Waals surface area contributed by atoms with Gasteiger partial charge in [-0.2, -0.15) is 0 Å². The molecule has 1 unspecified atom stereocenters. The van der Waals surface area contributed by atoms with E-state index in [0.29, 0.717) is 31.4 Å². The van der Waals surface area contributed by atoms with Crippen LogP contribution in [0.2, 0.25) is 0 Å². The normalized spacial score (nSPS) is 21.5. The van der Waals surface area contributed by atoms with Gasteiger partial charge in [0.1, 0.15) is 12.1 Å². The number of nitrogens with one attached hydrogen (secondary N) is 2. The van der Waals surface area contributed by atoms with Crippen LogP contribution in [0.3, 0.4) is 0 Å². The highest BCUT2D eigenvalue weighted by Crippen LogP contribution is 2.25. The average molecular weight is 535 g/mol. The van der Waals surface area contributed by atoms with Crippen molar-refractivity contribution >= 4 is 45.3 Å². The quantitative estimate of drug-likeness (QED) is 0.493. The highest BCUT2D eigenvalue weighted by Gasteiger charge is 2.45. The van der Waals surface area contributed by atoms with E-state index in [1.807, 2.05) is 13.8 Å². The Labute approximate surface area is 207 Å². The molecule has 3 rings (SSSR count). The second kappa shape index (κ2) is 11.6. The molecule has 9 nitrogen and oxygen atoms in total. The SMILES string of the molecule is CC(C)CC(NC(=O)[C@@H]1CCCN2C(=O)CC[C@H](NC(=O)c3ccccc3)C(=O)N12)C(=O)CBr. The van der Waals surface area contributed by atoms with Crippen LogP contribution in [0.25, 0.3) is 0 Å². The zero-order valence-corrected chi connectivity index (χ0v) is 21.0. The number of fused-ring (bicyclic) bond motifs is 1. The third-order valence-electron chi connectivity index (χ3n) is 6.05. The maximum atomic E-state index is 13.5. The van der Waals surface area contributed by atoms with E-state index in [2.05, 4.69) is 26.6 Å². The van der Waals surface area contributed by atoms with Gasteiger partial charge in [-0.3, -0.25) is 29.0 Å². The number of Topliss-reactive ketones (excluding diaryl/α,β-unsaturated/α-hetero) is 1. The average Bonchev–Trinajstić information content (AvgIpc) is 2.95. The van der Waals surface area contributed by atoms with Crippen LogP contribution in [0.4, 0.5) is 0 Å². The first-order valence-corrected chi connectivity index (χ1v) is 12.7. The van der Waals surface area contributed by atoms with Gasteiger partial charge in [-0.25, -0.2) is 5.01 Å². The van der Waals surface area contributed by atoms with Crippen LogP contribution in [-0.2, 0) is 19.2 Å². The van der Waals surface area contributed by atoms with Crippen molar-refractivity contribution in [2.75, 3.05) is 11.9 Å². The third-order valence-corrected chi connectivity index (χ3v) is 6.60. The number of hydrogen-bond donors (Lipinski definition) is 2. The molecule has 1 aromatic rings. The van der Waals surface area contributed by atoms with Crippen molar-refractivity contribution in [3.63, 3.8) is 0 Å². The molecule has 0 aromatic heterocycles. The summed E-state index contributed by atoms with van der Waals surface area (Å²) in [6.07, 6.45) is 1.60. The van der Waals surface area contributed by atoms with Crippen LogP contribution in [0.15, 0.2) is 30.3 Å². The molecule has 2 heterocycles. The number of benzene rings is 1. The molecule has 2 N–H and O–H groups in total. The summed E-state index contributed by atoms with van der Waals surface area (Å²) in [6.45, 7) is 4.24. The number of amides is 4. The summed E-state index contributed by atoms with van der Waals surface area (Å²) in [5.41, 5.74) is 0.403. The van der Waals surface area contributed by atoms with E-state index in [-0.39, 0.29) is 35.8 Å². The fourth-order valence-corrected chi connectivity index (χ4v) is 4.73. The molecule has 0 spiro atoms. The molecule has 10 heteroatoms. The number of hydrazine groups is 1.